The molecule has 0 radical (unpaired) electrons. The van der Waals surface area contributed by atoms with E-state index in [1.165, 1.54) is 6.33 Å². The number of hydrogen-bond acceptors (Lipinski definition) is 3. The highest BCUT2D eigenvalue weighted by atomic mass is 35.5. The smallest absolute Gasteiger partial charge is 0.137 e. The molecular weight excluding hydrogens is 266 g/mol. The predicted octanol–water partition coefficient (Wildman–Crippen LogP) is 3.87. The van der Waals surface area contributed by atoms with Gasteiger partial charge in [-0.3, -0.25) is 0 Å². The second kappa shape index (κ2) is 4.98. The molecule has 2 rings (SSSR count). The summed E-state index contributed by atoms with van der Waals surface area (Å²) in [6.07, 6.45) is 1.29. The normalized spacial score (nSPS) is 10.6. The van der Waals surface area contributed by atoms with Crippen LogP contribution in [0.25, 0.3) is 0 Å². The van der Waals surface area contributed by atoms with Crippen molar-refractivity contribution in [3.05, 3.63) is 46.9 Å². The van der Waals surface area contributed by atoms with E-state index in [0.717, 1.165) is 30.0 Å². The standard InChI is InChI=1S/C11H7ClF2N2S/c1-6-10(12)15-5-16-11(6)17-9-4-7(13)2-3-8(9)14/h2-5H,1H3. The summed E-state index contributed by atoms with van der Waals surface area (Å²) < 4.78 is 26.4. The van der Waals surface area contributed by atoms with Crippen molar-refractivity contribution in [3.8, 4) is 0 Å². The molecule has 0 N–H and O–H groups in total. The number of halogens is 3. The van der Waals surface area contributed by atoms with Crippen molar-refractivity contribution >= 4 is 23.4 Å². The molecule has 17 heavy (non-hydrogen) atoms. The lowest BCUT2D eigenvalue weighted by molar-refractivity contribution is 0.577. The van der Waals surface area contributed by atoms with Crippen LogP contribution < -0.4 is 0 Å². The molecule has 0 atom stereocenters. The molecule has 88 valence electrons. The molecule has 0 spiro atoms. The van der Waals surface area contributed by atoms with Gasteiger partial charge in [-0.05, 0) is 25.1 Å². The van der Waals surface area contributed by atoms with Crippen molar-refractivity contribution < 1.29 is 8.78 Å². The van der Waals surface area contributed by atoms with Gasteiger partial charge in [-0.2, -0.15) is 0 Å². The van der Waals surface area contributed by atoms with E-state index >= 15 is 0 Å². The fourth-order valence-corrected chi connectivity index (χ4v) is 2.26. The van der Waals surface area contributed by atoms with E-state index in [1.54, 1.807) is 6.92 Å². The summed E-state index contributed by atoms with van der Waals surface area (Å²) in [5, 5.41) is 0.814. The van der Waals surface area contributed by atoms with E-state index in [4.69, 9.17) is 11.6 Å². The first-order valence-electron chi connectivity index (χ1n) is 4.68. The van der Waals surface area contributed by atoms with Gasteiger partial charge in [0.05, 0.1) is 4.90 Å². The van der Waals surface area contributed by atoms with Crippen LogP contribution in [0.4, 0.5) is 8.78 Å². The summed E-state index contributed by atoms with van der Waals surface area (Å²) in [7, 11) is 0. The summed E-state index contributed by atoms with van der Waals surface area (Å²) in [6.45, 7) is 1.72. The second-order valence-corrected chi connectivity index (χ2v) is 4.66. The van der Waals surface area contributed by atoms with Crippen LogP contribution in [0.15, 0.2) is 34.4 Å². The zero-order chi connectivity index (χ0) is 12.4. The molecule has 2 nitrogen and oxygen atoms in total. The Morgan fingerprint density at radius 3 is 2.76 bits per heavy atom. The molecule has 0 aliphatic carbocycles. The maximum Gasteiger partial charge on any atom is 0.137 e. The third-order valence-electron chi connectivity index (χ3n) is 2.08. The number of aromatic nitrogens is 2. The zero-order valence-corrected chi connectivity index (χ0v) is 10.3. The predicted molar refractivity (Wildman–Crippen MR) is 62.3 cm³/mol. The maximum absolute atomic E-state index is 13.4. The largest absolute Gasteiger partial charge is 0.229 e. The van der Waals surface area contributed by atoms with Gasteiger partial charge in [0.15, 0.2) is 0 Å². The van der Waals surface area contributed by atoms with Gasteiger partial charge in [-0.1, -0.05) is 23.4 Å². The Kier molecular flexibility index (Phi) is 3.59. The number of hydrogen-bond donors (Lipinski definition) is 0. The number of nitrogens with zero attached hydrogens (tertiary/aromatic N) is 2. The fraction of sp³-hybridized carbons (Fsp3) is 0.0909. The first-order valence-corrected chi connectivity index (χ1v) is 5.87. The van der Waals surface area contributed by atoms with Gasteiger partial charge < -0.3 is 0 Å². The minimum absolute atomic E-state index is 0.169. The summed E-state index contributed by atoms with van der Waals surface area (Å²) in [4.78, 5) is 7.95. The van der Waals surface area contributed by atoms with Crippen molar-refractivity contribution in [2.45, 2.75) is 16.8 Å². The third kappa shape index (κ3) is 2.73. The first-order chi connectivity index (χ1) is 8.08. The van der Waals surface area contributed by atoms with Crippen molar-refractivity contribution in [2.75, 3.05) is 0 Å². The Bertz CT molecular complexity index is 563. The molecule has 6 heteroatoms. The van der Waals surface area contributed by atoms with Crippen molar-refractivity contribution in [1.82, 2.24) is 9.97 Å². The first kappa shape index (κ1) is 12.3. The summed E-state index contributed by atoms with van der Waals surface area (Å²) in [5.74, 6) is -0.989. The second-order valence-electron chi connectivity index (χ2n) is 3.27. The quantitative estimate of drug-likeness (QED) is 0.776. The number of benzene rings is 1. The monoisotopic (exact) mass is 272 g/mol. The molecule has 1 heterocycles. The van der Waals surface area contributed by atoms with E-state index in [9.17, 15) is 8.78 Å². The SMILES string of the molecule is Cc1c(Cl)ncnc1Sc1cc(F)ccc1F. The average molecular weight is 273 g/mol. The van der Waals surface area contributed by atoms with Gasteiger partial charge in [-0.25, -0.2) is 18.7 Å². The Hall–Kier alpha value is -1.20. The highest BCUT2D eigenvalue weighted by Crippen LogP contribution is 2.32. The van der Waals surface area contributed by atoms with Gasteiger partial charge in [0.1, 0.15) is 28.1 Å². The molecule has 0 unspecified atom stereocenters. The molecule has 0 saturated carbocycles. The van der Waals surface area contributed by atoms with Crippen LogP contribution in [0.5, 0.6) is 0 Å². The van der Waals surface area contributed by atoms with E-state index < -0.39 is 11.6 Å². The Labute approximate surface area is 106 Å². The van der Waals surface area contributed by atoms with Crippen LogP contribution in [-0.4, -0.2) is 9.97 Å². The van der Waals surface area contributed by atoms with Crippen LogP contribution in [0.2, 0.25) is 5.15 Å². The van der Waals surface area contributed by atoms with Crippen molar-refractivity contribution in [2.24, 2.45) is 0 Å². The van der Waals surface area contributed by atoms with Crippen molar-refractivity contribution in [1.29, 1.82) is 0 Å². The minimum Gasteiger partial charge on any atom is -0.229 e. The van der Waals surface area contributed by atoms with Crippen LogP contribution in [0, 0.1) is 18.6 Å². The Morgan fingerprint density at radius 1 is 1.24 bits per heavy atom. The molecule has 0 saturated heterocycles. The van der Waals surface area contributed by atoms with Gasteiger partial charge in [0, 0.05) is 5.56 Å². The van der Waals surface area contributed by atoms with Crippen LogP contribution in [0.3, 0.4) is 0 Å². The maximum atomic E-state index is 13.4. The lowest BCUT2D eigenvalue weighted by Gasteiger charge is -2.05. The molecule has 0 amide bonds. The van der Waals surface area contributed by atoms with Gasteiger partial charge >= 0.3 is 0 Å². The summed E-state index contributed by atoms with van der Waals surface area (Å²) in [6, 6.07) is 3.27. The van der Waals surface area contributed by atoms with E-state index in [2.05, 4.69) is 9.97 Å². The lowest BCUT2D eigenvalue weighted by Crippen LogP contribution is -1.91. The minimum atomic E-state index is -0.495. The molecular formula is C11H7ClF2N2S. The highest BCUT2D eigenvalue weighted by molar-refractivity contribution is 7.99. The van der Waals surface area contributed by atoms with E-state index in [-0.39, 0.29) is 4.90 Å². The molecule has 0 bridgehead atoms. The molecule has 0 aliphatic heterocycles. The topological polar surface area (TPSA) is 25.8 Å². The molecule has 0 fully saturated rings. The van der Waals surface area contributed by atoms with Crippen LogP contribution in [-0.2, 0) is 0 Å². The third-order valence-corrected chi connectivity index (χ3v) is 3.59. The molecule has 1 aromatic heterocycles. The van der Waals surface area contributed by atoms with E-state index in [1.807, 2.05) is 0 Å². The van der Waals surface area contributed by atoms with Crippen LogP contribution >= 0.6 is 23.4 Å². The van der Waals surface area contributed by atoms with Crippen molar-refractivity contribution in [3.63, 3.8) is 0 Å². The average Bonchev–Trinajstić information content (AvgIpc) is 2.30. The summed E-state index contributed by atoms with van der Waals surface area (Å²) >= 11 is 6.84. The molecule has 0 aliphatic rings. The highest BCUT2D eigenvalue weighted by Gasteiger charge is 2.10. The van der Waals surface area contributed by atoms with Gasteiger partial charge in [0.25, 0.3) is 0 Å². The Balaban J connectivity index is 2.38. The Morgan fingerprint density at radius 2 is 2.00 bits per heavy atom. The fourth-order valence-electron chi connectivity index (χ4n) is 1.18. The van der Waals surface area contributed by atoms with Gasteiger partial charge in [-0.15, -0.1) is 0 Å². The summed E-state index contributed by atoms with van der Waals surface area (Å²) in [5.41, 5.74) is 0.642. The van der Waals surface area contributed by atoms with E-state index in [0.29, 0.717) is 15.7 Å². The molecule has 2 aromatic rings. The van der Waals surface area contributed by atoms with Gasteiger partial charge in [0.2, 0.25) is 0 Å². The lowest BCUT2D eigenvalue weighted by atomic mass is 10.3. The number of rotatable bonds is 2. The zero-order valence-electron chi connectivity index (χ0n) is 8.75. The molecule has 1 aromatic carbocycles. The van der Waals surface area contributed by atoms with Crippen LogP contribution in [0.1, 0.15) is 5.56 Å².